The van der Waals surface area contributed by atoms with Crippen LogP contribution in [0.5, 0.6) is 0 Å². The monoisotopic (exact) mass is 264 g/mol. The van der Waals surface area contributed by atoms with Crippen molar-refractivity contribution in [3.8, 4) is 0 Å². The van der Waals surface area contributed by atoms with Gasteiger partial charge in [0.05, 0.1) is 12.5 Å². The van der Waals surface area contributed by atoms with Crippen LogP contribution in [0.3, 0.4) is 0 Å². The van der Waals surface area contributed by atoms with E-state index in [1.807, 2.05) is 0 Å². The number of aryl methyl sites for hydroxylation is 1. The van der Waals surface area contributed by atoms with Gasteiger partial charge in [-0.25, -0.2) is 0 Å². The van der Waals surface area contributed by atoms with Crippen LogP contribution in [0.15, 0.2) is 16.5 Å². The number of alkyl halides is 3. The SMILES string of the molecule is Cc1ccc(C(C(C)N)N(C)CCC(F)(F)F)o1. The minimum Gasteiger partial charge on any atom is -0.465 e. The molecule has 0 aliphatic heterocycles. The molecule has 0 bridgehead atoms. The molecule has 0 saturated carbocycles. The average molecular weight is 264 g/mol. The van der Waals surface area contributed by atoms with Crippen LogP contribution in [-0.4, -0.2) is 30.7 Å². The quantitative estimate of drug-likeness (QED) is 0.889. The Balaban J connectivity index is 2.73. The first-order chi connectivity index (χ1) is 8.20. The van der Waals surface area contributed by atoms with Crippen LogP contribution in [-0.2, 0) is 0 Å². The number of nitrogens with two attached hydrogens (primary N) is 1. The van der Waals surface area contributed by atoms with E-state index in [1.54, 1.807) is 37.9 Å². The Morgan fingerprint density at radius 1 is 1.39 bits per heavy atom. The van der Waals surface area contributed by atoms with Gasteiger partial charge in [0.15, 0.2) is 0 Å². The molecule has 104 valence electrons. The fourth-order valence-electron chi connectivity index (χ4n) is 1.93. The molecule has 18 heavy (non-hydrogen) atoms. The van der Waals surface area contributed by atoms with Gasteiger partial charge in [-0.2, -0.15) is 13.2 Å². The highest BCUT2D eigenvalue weighted by Crippen LogP contribution is 2.27. The normalized spacial score (nSPS) is 16.0. The summed E-state index contributed by atoms with van der Waals surface area (Å²) in [7, 11) is 1.62. The molecule has 0 fully saturated rings. The number of nitrogens with zero attached hydrogens (tertiary/aromatic N) is 1. The first kappa shape index (κ1) is 15.0. The summed E-state index contributed by atoms with van der Waals surface area (Å²) < 4.78 is 42.1. The Hall–Kier alpha value is -1.01. The highest BCUT2D eigenvalue weighted by Gasteiger charge is 2.30. The standard InChI is InChI=1S/C12H19F3N2O/c1-8-4-5-10(18-8)11(9(2)16)17(3)7-6-12(13,14)15/h4-5,9,11H,6-7,16H2,1-3H3. The lowest BCUT2D eigenvalue weighted by Crippen LogP contribution is -2.38. The number of hydrogen-bond acceptors (Lipinski definition) is 3. The predicted octanol–water partition coefficient (Wildman–Crippen LogP) is 2.86. The number of likely N-dealkylation sites (N-methyl/N-ethyl adjacent to an activating group) is 1. The van der Waals surface area contributed by atoms with Crippen molar-refractivity contribution in [2.75, 3.05) is 13.6 Å². The van der Waals surface area contributed by atoms with Crippen molar-refractivity contribution in [2.24, 2.45) is 5.73 Å². The second kappa shape index (κ2) is 5.75. The van der Waals surface area contributed by atoms with Gasteiger partial charge < -0.3 is 10.2 Å². The van der Waals surface area contributed by atoms with E-state index >= 15 is 0 Å². The van der Waals surface area contributed by atoms with Crippen LogP contribution in [0, 0.1) is 6.92 Å². The topological polar surface area (TPSA) is 42.4 Å². The Morgan fingerprint density at radius 2 is 2.00 bits per heavy atom. The Bertz CT molecular complexity index is 374. The largest absolute Gasteiger partial charge is 0.465 e. The van der Waals surface area contributed by atoms with Crippen molar-refractivity contribution in [1.82, 2.24) is 4.90 Å². The van der Waals surface area contributed by atoms with Crippen LogP contribution in [0.25, 0.3) is 0 Å². The van der Waals surface area contributed by atoms with Crippen LogP contribution in [0.2, 0.25) is 0 Å². The molecule has 1 aromatic heterocycles. The maximum Gasteiger partial charge on any atom is 0.390 e. The van der Waals surface area contributed by atoms with Gasteiger partial charge in [0.2, 0.25) is 0 Å². The van der Waals surface area contributed by atoms with E-state index in [0.717, 1.165) is 5.76 Å². The fraction of sp³-hybridized carbons (Fsp3) is 0.667. The number of rotatable bonds is 5. The highest BCUT2D eigenvalue weighted by molar-refractivity contribution is 5.11. The fourth-order valence-corrected chi connectivity index (χ4v) is 1.93. The summed E-state index contributed by atoms with van der Waals surface area (Å²) in [5, 5.41) is 0. The first-order valence-electron chi connectivity index (χ1n) is 5.79. The molecule has 3 nitrogen and oxygen atoms in total. The van der Waals surface area contributed by atoms with E-state index in [2.05, 4.69) is 0 Å². The van der Waals surface area contributed by atoms with E-state index in [9.17, 15) is 13.2 Å². The molecule has 0 aliphatic rings. The number of halogens is 3. The van der Waals surface area contributed by atoms with Gasteiger partial charge >= 0.3 is 6.18 Å². The summed E-state index contributed by atoms with van der Waals surface area (Å²) in [6.07, 6.45) is -5.01. The molecule has 0 saturated heterocycles. The second-order valence-electron chi connectivity index (χ2n) is 4.60. The zero-order valence-electron chi connectivity index (χ0n) is 10.8. The van der Waals surface area contributed by atoms with E-state index in [4.69, 9.17) is 10.2 Å². The molecule has 0 aromatic carbocycles. The molecular weight excluding hydrogens is 245 g/mol. The molecule has 6 heteroatoms. The second-order valence-corrected chi connectivity index (χ2v) is 4.60. The maximum absolute atomic E-state index is 12.2. The van der Waals surface area contributed by atoms with Crippen molar-refractivity contribution >= 4 is 0 Å². The van der Waals surface area contributed by atoms with E-state index in [0.29, 0.717) is 5.76 Å². The molecule has 0 aliphatic carbocycles. The third-order valence-corrected chi connectivity index (χ3v) is 2.77. The van der Waals surface area contributed by atoms with Crippen molar-refractivity contribution < 1.29 is 17.6 Å². The van der Waals surface area contributed by atoms with Crippen LogP contribution < -0.4 is 5.73 Å². The van der Waals surface area contributed by atoms with Crippen molar-refractivity contribution in [3.63, 3.8) is 0 Å². The highest BCUT2D eigenvalue weighted by atomic mass is 19.4. The number of hydrogen-bond donors (Lipinski definition) is 1. The summed E-state index contributed by atoms with van der Waals surface area (Å²) in [6.45, 7) is 3.44. The minimum atomic E-state index is -4.16. The minimum absolute atomic E-state index is 0.102. The van der Waals surface area contributed by atoms with E-state index in [1.165, 1.54) is 0 Å². The Labute approximate surface area is 105 Å². The van der Waals surface area contributed by atoms with Crippen molar-refractivity contribution in [1.29, 1.82) is 0 Å². The predicted molar refractivity (Wildman–Crippen MR) is 63.1 cm³/mol. The van der Waals surface area contributed by atoms with Crippen LogP contribution in [0.4, 0.5) is 13.2 Å². The van der Waals surface area contributed by atoms with Crippen molar-refractivity contribution in [2.45, 2.75) is 38.5 Å². The van der Waals surface area contributed by atoms with Crippen LogP contribution >= 0.6 is 0 Å². The summed E-state index contributed by atoms with van der Waals surface area (Å²) in [5.74, 6) is 1.33. The molecule has 0 amide bonds. The smallest absolute Gasteiger partial charge is 0.390 e. The average Bonchev–Trinajstić information content (AvgIpc) is 2.60. The van der Waals surface area contributed by atoms with Gasteiger partial charge in [-0.05, 0) is 33.0 Å². The molecule has 2 unspecified atom stereocenters. The van der Waals surface area contributed by atoms with Gasteiger partial charge in [-0.1, -0.05) is 0 Å². The van der Waals surface area contributed by atoms with Gasteiger partial charge in [0, 0.05) is 12.6 Å². The third-order valence-electron chi connectivity index (χ3n) is 2.77. The molecule has 0 radical (unpaired) electrons. The number of furan rings is 1. The molecule has 2 atom stereocenters. The van der Waals surface area contributed by atoms with Crippen LogP contribution in [0.1, 0.15) is 30.9 Å². The molecular formula is C12H19F3N2O. The van der Waals surface area contributed by atoms with Gasteiger partial charge in [-0.15, -0.1) is 0 Å². The van der Waals surface area contributed by atoms with E-state index in [-0.39, 0.29) is 18.6 Å². The lowest BCUT2D eigenvalue weighted by Gasteiger charge is -2.29. The van der Waals surface area contributed by atoms with Gasteiger partial charge in [0.25, 0.3) is 0 Å². The summed E-state index contributed by atoms with van der Waals surface area (Å²) in [5.41, 5.74) is 5.84. The molecule has 1 heterocycles. The lowest BCUT2D eigenvalue weighted by atomic mass is 10.1. The molecule has 2 N–H and O–H groups in total. The molecule has 0 spiro atoms. The summed E-state index contributed by atoms with van der Waals surface area (Å²) in [4.78, 5) is 1.58. The Morgan fingerprint density at radius 3 is 2.39 bits per heavy atom. The van der Waals surface area contributed by atoms with E-state index < -0.39 is 12.6 Å². The lowest BCUT2D eigenvalue weighted by molar-refractivity contribution is -0.138. The van der Waals surface area contributed by atoms with Gasteiger partial charge in [-0.3, -0.25) is 4.90 Å². The zero-order chi connectivity index (χ0) is 13.9. The first-order valence-corrected chi connectivity index (χ1v) is 5.79. The summed E-state index contributed by atoms with van der Waals surface area (Å²) >= 11 is 0. The maximum atomic E-state index is 12.2. The zero-order valence-corrected chi connectivity index (χ0v) is 10.8. The third kappa shape index (κ3) is 4.34. The summed E-state index contributed by atoms with van der Waals surface area (Å²) in [6, 6.07) is 2.88. The molecule has 1 rings (SSSR count). The van der Waals surface area contributed by atoms with Crippen molar-refractivity contribution in [3.05, 3.63) is 23.7 Å². The Kier molecular flexibility index (Phi) is 4.81. The van der Waals surface area contributed by atoms with Gasteiger partial charge in [0.1, 0.15) is 11.5 Å². The molecule has 1 aromatic rings.